The smallest absolute Gasteiger partial charge is 0.0319 e. The summed E-state index contributed by atoms with van der Waals surface area (Å²) in [6.07, 6.45) is 0. The van der Waals surface area contributed by atoms with Crippen molar-refractivity contribution in [1.82, 2.24) is 0 Å². The molecule has 0 aromatic heterocycles. The van der Waals surface area contributed by atoms with Gasteiger partial charge in [-0.25, -0.2) is 0 Å². The minimum absolute atomic E-state index is 1.00. The van der Waals surface area contributed by atoms with Crippen molar-refractivity contribution in [3.8, 4) is 11.1 Å². The van der Waals surface area contributed by atoms with Crippen molar-refractivity contribution in [2.24, 2.45) is 0 Å². The highest BCUT2D eigenvalue weighted by Gasteiger charge is 2.06. The lowest BCUT2D eigenvalue weighted by molar-refractivity contribution is 0.399. The van der Waals surface area contributed by atoms with Crippen LogP contribution in [0.1, 0.15) is 0 Å². The molecule has 0 bridgehead atoms. The maximum Gasteiger partial charge on any atom is 0.0319 e. The number of hydrogen-bond acceptors (Lipinski definition) is 1. The molecule has 1 nitrogen and oxygen atoms in total. The van der Waals surface area contributed by atoms with Crippen LogP contribution in [0.25, 0.3) is 32.7 Å². The zero-order valence-corrected chi connectivity index (χ0v) is 12.5. The van der Waals surface area contributed by atoms with Gasteiger partial charge in [-0.1, -0.05) is 84.9 Å². The largest absolute Gasteiger partial charge is 0.400 e. The van der Waals surface area contributed by atoms with Gasteiger partial charge in [-0.05, 0) is 32.7 Å². The van der Waals surface area contributed by atoms with E-state index in [1.54, 1.807) is 0 Å². The monoisotopic (exact) mass is 286 g/mol. The first-order valence-electron chi connectivity index (χ1n) is 7.34. The van der Waals surface area contributed by atoms with E-state index in [0.29, 0.717) is 0 Å². The predicted molar refractivity (Wildman–Crippen MR) is 95.0 cm³/mol. The molecule has 0 amide bonds. The van der Waals surface area contributed by atoms with Gasteiger partial charge in [0.25, 0.3) is 0 Å². The van der Waals surface area contributed by atoms with Crippen LogP contribution in [0.5, 0.6) is 0 Å². The van der Waals surface area contributed by atoms with E-state index in [1.165, 1.54) is 32.7 Å². The molecule has 0 aliphatic carbocycles. The number of aliphatic hydroxyl groups excluding tert-OH is 1. The third-order valence-electron chi connectivity index (χ3n) is 3.87. The van der Waals surface area contributed by atoms with E-state index in [4.69, 9.17) is 5.11 Å². The van der Waals surface area contributed by atoms with Crippen LogP contribution in [-0.4, -0.2) is 12.2 Å². The number of benzene rings is 4. The first-order valence-corrected chi connectivity index (χ1v) is 7.34. The molecular weight excluding hydrogens is 268 g/mol. The van der Waals surface area contributed by atoms with Gasteiger partial charge in [-0.2, -0.15) is 0 Å². The third-order valence-corrected chi connectivity index (χ3v) is 3.87. The predicted octanol–water partition coefficient (Wildman–Crippen LogP) is 5.27. The molecule has 0 aliphatic heterocycles. The van der Waals surface area contributed by atoms with E-state index in [-0.39, 0.29) is 0 Å². The molecule has 0 saturated heterocycles. The SMILES string of the molecule is CO.c1ccc2c(-c3cccc4ccccc34)cccc2c1. The van der Waals surface area contributed by atoms with E-state index in [9.17, 15) is 0 Å². The zero-order valence-electron chi connectivity index (χ0n) is 12.5. The summed E-state index contributed by atoms with van der Waals surface area (Å²) in [6, 6.07) is 30.2. The molecule has 0 atom stereocenters. The summed E-state index contributed by atoms with van der Waals surface area (Å²) >= 11 is 0. The summed E-state index contributed by atoms with van der Waals surface area (Å²) in [5, 5.41) is 12.2. The Morgan fingerprint density at radius 3 is 1.27 bits per heavy atom. The lowest BCUT2D eigenvalue weighted by Gasteiger charge is -2.10. The van der Waals surface area contributed by atoms with Crippen molar-refractivity contribution >= 4 is 21.5 Å². The molecule has 0 fully saturated rings. The Bertz CT molecular complexity index is 822. The van der Waals surface area contributed by atoms with E-state index >= 15 is 0 Å². The maximum absolute atomic E-state index is 7.00. The topological polar surface area (TPSA) is 20.2 Å². The van der Waals surface area contributed by atoms with Crippen LogP contribution in [0.15, 0.2) is 84.9 Å². The Hall–Kier alpha value is -2.64. The fourth-order valence-corrected chi connectivity index (χ4v) is 2.92. The molecule has 0 radical (unpaired) electrons. The highest BCUT2D eigenvalue weighted by Crippen LogP contribution is 2.33. The molecule has 108 valence electrons. The highest BCUT2D eigenvalue weighted by atomic mass is 16.2. The van der Waals surface area contributed by atoms with Crippen LogP contribution in [0, 0.1) is 0 Å². The molecule has 4 rings (SSSR count). The number of rotatable bonds is 1. The summed E-state index contributed by atoms with van der Waals surface area (Å²) in [7, 11) is 1.00. The Morgan fingerprint density at radius 1 is 0.455 bits per heavy atom. The van der Waals surface area contributed by atoms with Crippen LogP contribution in [0.3, 0.4) is 0 Å². The minimum Gasteiger partial charge on any atom is -0.400 e. The number of hydrogen-bond donors (Lipinski definition) is 1. The highest BCUT2D eigenvalue weighted by molar-refractivity contribution is 6.05. The van der Waals surface area contributed by atoms with E-state index in [0.717, 1.165) is 7.11 Å². The molecule has 22 heavy (non-hydrogen) atoms. The number of fused-ring (bicyclic) bond motifs is 2. The second-order valence-electron chi connectivity index (χ2n) is 5.05. The minimum atomic E-state index is 1.00. The molecular formula is C21H18O. The van der Waals surface area contributed by atoms with Gasteiger partial charge in [-0.3, -0.25) is 0 Å². The molecule has 1 N–H and O–H groups in total. The third kappa shape index (κ3) is 2.47. The van der Waals surface area contributed by atoms with Gasteiger partial charge >= 0.3 is 0 Å². The van der Waals surface area contributed by atoms with Crippen LogP contribution < -0.4 is 0 Å². The summed E-state index contributed by atoms with van der Waals surface area (Å²) in [5.74, 6) is 0. The summed E-state index contributed by atoms with van der Waals surface area (Å²) in [5.41, 5.74) is 2.61. The average molecular weight is 286 g/mol. The lowest BCUT2D eigenvalue weighted by Crippen LogP contribution is -1.83. The summed E-state index contributed by atoms with van der Waals surface area (Å²) in [4.78, 5) is 0. The van der Waals surface area contributed by atoms with Gasteiger partial charge < -0.3 is 5.11 Å². The van der Waals surface area contributed by atoms with Crippen LogP contribution in [0.2, 0.25) is 0 Å². The fraction of sp³-hybridized carbons (Fsp3) is 0.0476. The van der Waals surface area contributed by atoms with E-state index in [1.807, 2.05) is 0 Å². The van der Waals surface area contributed by atoms with Gasteiger partial charge in [0.2, 0.25) is 0 Å². The second kappa shape index (κ2) is 6.42. The molecule has 0 heterocycles. The van der Waals surface area contributed by atoms with Crippen molar-refractivity contribution in [2.75, 3.05) is 7.11 Å². The van der Waals surface area contributed by atoms with Crippen molar-refractivity contribution in [2.45, 2.75) is 0 Å². The van der Waals surface area contributed by atoms with Crippen molar-refractivity contribution in [1.29, 1.82) is 0 Å². The molecule has 0 saturated carbocycles. The van der Waals surface area contributed by atoms with Crippen molar-refractivity contribution in [3.63, 3.8) is 0 Å². The van der Waals surface area contributed by atoms with E-state index < -0.39 is 0 Å². The van der Waals surface area contributed by atoms with Crippen molar-refractivity contribution in [3.05, 3.63) is 84.9 Å². The van der Waals surface area contributed by atoms with Crippen LogP contribution >= 0.6 is 0 Å². The summed E-state index contributed by atoms with van der Waals surface area (Å²) < 4.78 is 0. The summed E-state index contributed by atoms with van der Waals surface area (Å²) in [6.45, 7) is 0. The standard InChI is InChI=1S/C20H14.CH4O/c1-3-11-17-15(7-1)9-5-13-19(17)20-14-6-10-16-8-2-4-12-18(16)20;1-2/h1-14H;2H,1H3. The zero-order chi connectivity index (χ0) is 15.4. The Balaban J connectivity index is 0.000000693. The first-order chi connectivity index (χ1) is 10.9. The fourth-order valence-electron chi connectivity index (χ4n) is 2.92. The normalized spacial score (nSPS) is 10.3. The van der Waals surface area contributed by atoms with Gasteiger partial charge in [0.1, 0.15) is 0 Å². The molecule has 0 spiro atoms. The molecule has 0 aliphatic rings. The van der Waals surface area contributed by atoms with Gasteiger partial charge in [-0.15, -0.1) is 0 Å². The van der Waals surface area contributed by atoms with Gasteiger partial charge in [0.15, 0.2) is 0 Å². The Morgan fingerprint density at radius 2 is 0.818 bits per heavy atom. The Kier molecular flexibility index (Phi) is 4.17. The van der Waals surface area contributed by atoms with Crippen molar-refractivity contribution < 1.29 is 5.11 Å². The van der Waals surface area contributed by atoms with Gasteiger partial charge in [0.05, 0.1) is 0 Å². The molecule has 4 aromatic rings. The van der Waals surface area contributed by atoms with Gasteiger partial charge in [0, 0.05) is 7.11 Å². The lowest BCUT2D eigenvalue weighted by atomic mass is 9.94. The van der Waals surface area contributed by atoms with Crippen LogP contribution in [-0.2, 0) is 0 Å². The number of aliphatic hydroxyl groups is 1. The Labute approximate surface area is 130 Å². The van der Waals surface area contributed by atoms with E-state index in [2.05, 4.69) is 84.9 Å². The quantitative estimate of drug-likeness (QED) is 0.505. The molecule has 0 unspecified atom stereocenters. The first kappa shape index (κ1) is 14.3. The average Bonchev–Trinajstić information content (AvgIpc) is 2.62. The molecule has 4 aromatic carbocycles. The molecule has 1 heteroatoms. The second-order valence-corrected chi connectivity index (χ2v) is 5.05. The van der Waals surface area contributed by atoms with Crippen LogP contribution in [0.4, 0.5) is 0 Å². The maximum atomic E-state index is 7.00.